The Morgan fingerprint density at radius 2 is 1.95 bits per heavy atom. The summed E-state index contributed by atoms with van der Waals surface area (Å²) in [6, 6.07) is 13.4. The summed E-state index contributed by atoms with van der Waals surface area (Å²) < 4.78 is 23.9. The summed E-state index contributed by atoms with van der Waals surface area (Å²) >= 11 is 0. The van der Waals surface area contributed by atoms with Crippen molar-refractivity contribution in [3.63, 3.8) is 0 Å². The fourth-order valence-corrected chi connectivity index (χ4v) is 2.56. The Morgan fingerprint density at radius 1 is 1.23 bits per heavy atom. The van der Waals surface area contributed by atoms with Crippen molar-refractivity contribution in [3.05, 3.63) is 70.9 Å². The van der Waals surface area contributed by atoms with Crippen LogP contribution in [0.3, 0.4) is 0 Å². The summed E-state index contributed by atoms with van der Waals surface area (Å²) in [5.41, 5.74) is 7.75. The second-order valence-corrected chi connectivity index (χ2v) is 4.88. The van der Waals surface area contributed by atoms with Gasteiger partial charge in [0.2, 0.25) is 5.88 Å². The van der Waals surface area contributed by atoms with Gasteiger partial charge in [0.05, 0.1) is 13.0 Å². The van der Waals surface area contributed by atoms with Crippen LogP contribution in [0.2, 0.25) is 0 Å². The Hall–Kier alpha value is -3.00. The molecule has 1 aliphatic rings. The standard InChI is InChI=1S/C17H13FN2O2/c1-21-12-6-7-13-15(8-12)22-17(20)14(9-19)16(13)10-2-4-11(18)5-3-10/h2-8,16H,20H2,1H3/t16-/m1/s1. The third-order valence-electron chi connectivity index (χ3n) is 3.63. The third-order valence-corrected chi connectivity index (χ3v) is 3.63. The minimum atomic E-state index is -0.389. The van der Waals surface area contributed by atoms with Gasteiger partial charge in [0.15, 0.2) is 0 Å². The van der Waals surface area contributed by atoms with Gasteiger partial charge in [-0.2, -0.15) is 5.26 Å². The monoisotopic (exact) mass is 296 g/mol. The molecule has 0 spiro atoms. The Labute approximate surface area is 127 Å². The molecule has 110 valence electrons. The van der Waals surface area contributed by atoms with Crippen molar-refractivity contribution in [3.8, 4) is 17.6 Å². The highest BCUT2D eigenvalue weighted by Gasteiger charge is 2.30. The van der Waals surface area contributed by atoms with Crippen LogP contribution in [-0.4, -0.2) is 7.11 Å². The van der Waals surface area contributed by atoms with Crippen LogP contribution in [0, 0.1) is 17.1 Å². The quantitative estimate of drug-likeness (QED) is 0.924. The first-order valence-electron chi connectivity index (χ1n) is 6.65. The molecule has 0 saturated heterocycles. The molecule has 5 heteroatoms. The molecular weight excluding hydrogens is 283 g/mol. The summed E-state index contributed by atoms with van der Waals surface area (Å²) in [4.78, 5) is 0. The van der Waals surface area contributed by atoms with Crippen LogP contribution in [0.1, 0.15) is 17.0 Å². The highest BCUT2D eigenvalue weighted by atomic mass is 19.1. The van der Waals surface area contributed by atoms with E-state index < -0.39 is 0 Å². The van der Waals surface area contributed by atoms with E-state index in [0.29, 0.717) is 17.1 Å². The van der Waals surface area contributed by atoms with E-state index in [1.165, 1.54) is 12.1 Å². The van der Waals surface area contributed by atoms with E-state index in [-0.39, 0.29) is 17.6 Å². The van der Waals surface area contributed by atoms with Crippen molar-refractivity contribution in [1.29, 1.82) is 5.26 Å². The first-order valence-corrected chi connectivity index (χ1v) is 6.65. The zero-order chi connectivity index (χ0) is 15.7. The van der Waals surface area contributed by atoms with Crippen molar-refractivity contribution in [2.75, 3.05) is 7.11 Å². The smallest absolute Gasteiger partial charge is 0.205 e. The summed E-state index contributed by atoms with van der Waals surface area (Å²) in [6.45, 7) is 0. The van der Waals surface area contributed by atoms with E-state index in [2.05, 4.69) is 6.07 Å². The highest BCUT2D eigenvalue weighted by molar-refractivity contribution is 5.57. The number of rotatable bonds is 2. The molecule has 22 heavy (non-hydrogen) atoms. The first kappa shape index (κ1) is 14.0. The number of benzene rings is 2. The molecule has 2 aromatic rings. The number of nitrogens with zero attached hydrogens (tertiary/aromatic N) is 1. The number of halogens is 1. The number of fused-ring (bicyclic) bond motifs is 1. The minimum Gasteiger partial charge on any atom is -0.497 e. The molecule has 2 aromatic carbocycles. The molecule has 0 bridgehead atoms. The highest BCUT2D eigenvalue weighted by Crippen LogP contribution is 2.43. The normalized spacial score (nSPS) is 16.5. The van der Waals surface area contributed by atoms with Crippen LogP contribution in [0.5, 0.6) is 11.5 Å². The summed E-state index contributed by atoms with van der Waals surface area (Å²) in [5.74, 6) is 0.494. The third kappa shape index (κ3) is 2.25. The largest absolute Gasteiger partial charge is 0.497 e. The maximum atomic E-state index is 13.2. The molecule has 0 amide bonds. The molecule has 2 N–H and O–H groups in total. The van der Waals surface area contributed by atoms with Crippen molar-refractivity contribution in [2.24, 2.45) is 5.73 Å². The summed E-state index contributed by atoms with van der Waals surface area (Å²) in [5, 5.41) is 9.41. The predicted octanol–water partition coefficient (Wildman–Crippen LogP) is 3.05. The number of nitriles is 1. The van der Waals surface area contributed by atoms with Gasteiger partial charge < -0.3 is 15.2 Å². The van der Waals surface area contributed by atoms with Crippen LogP contribution < -0.4 is 15.2 Å². The van der Waals surface area contributed by atoms with E-state index >= 15 is 0 Å². The molecule has 3 rings (SSSR count). The molecule has 0 fully saturated rings. The fourth-order valence-electron chi connectivity index (χ4n) is 2.56. The topological polar surface area (TPSA) is 68.3 Å². The summed E-state index contributed by atoms with van der Waals surface area (Å²) in [6.07, 6.45) is 0. The molecule has 1 heterocycles. The van der Waals surface area contributed by atoms with Crippen LogP contribution in [0.15, 0.2) is 53.9 Å². The van der Waals surface area contributed by atoms with E-state index in [4.69, 9.17) is 15.2 Å². The molecule has 0 aromatic heterocycles. The average Bonchev–Trinajstić information content (AvgIpc) is 2.54. The fraction of sp³-hybridized carbons (Fsp3) is 0.118. The Kier molecular flexibility index (Phi) is 3.43. The second kappa shape index (κ2) is 5.41. The minimum absolute atomic E-state index is 0.0533. The van der Waals surface area contributed by atoms with Gasteiger partial charge in [-0.15, -0.1) is 0 Å². The van der Waals surface area contributed by atoms with Gasteiger partial charge in [-0.05, 0) is 23.8 Å². The van der Waals surface area contributed by atoms with Crippen molar-refractivity contribution >= 4 is 0 Å². The zero-order valence-corrected chi connectivity index (χ0v) is 11.8. The van der Waals surface area contributed by atoms with Crippen LogP contribution >= 0.6 is 0 Å². The van der Waals surface area contributed by atoms with E-state index in [1.807, 2.05) is 6.07 Å². The Morgan fingerprint density at radius 3 is 2.59 bits per heavy atom. The first-order chi connectivity index (χ1) is 10.6. The number of nitrogens with two attached hydrogens (primary N) is 1. The lowest BCUT2D eigenvalue weighted by Gasteiger charge is -2.26. The lowest BCUT2D eigenvalue weighted by molar-refractivity contribution is 0.381. The Balaban J connectivity index is 2.18. The maximum absolute atomic E-state index is 13.2. The van der Waals surface area contributed by atoms with Crippen LogP contribution in [-0.2, 0) is 0 Å². The SMILES string of the molecule is COc1ccc2c(c1)OC(N)=C(C#N)[C@@H]2c1ccc(F)cc1. The van der Waals surface area contributed by atoms with Gasteiger partial charge in [-0.3, -0.25) is 0 Å². The van der Waals surface area contributed by atoms with Gasteiger partial charge in [0.1, 0.15) is 29.0 Å². The molecule has 0 aliphatic carbocycles. The Bertz CT molecular complexity index is 791. The average molecular weight is 296 g/mol. The van der Waals surface area contributed by atoms with Crippen molar-refractivity contribution < 1.29 is 13.9 Å². The lowest BCUT2D eigenvalue weighted by atomic mass is 9.83. The van der Waals surface area contributed by atoms with Crippen molar-refractivity contribution in [1.82, 2.24) is 0 Å². The number of ether oxygens (including phenoxy) is 2. The summed E-state index contributed by atoms with van der Waals surface area (Å²) in [7, 11) is 1.56. The lowest BCUT2D eigenvalue weighted by Crippen LogP contribution is -2.21. The van der Waals surface area contributed by atoms with E-state index in [1.54, 1.807) is 31.4 Å². The molecule has 0 saturated carbocycles. The van der Waals surface area contributed by atoms with Gasteiger partial charge in [0.25, 0.3) is 0 Å². The number of hydrogen-bond donors (Lipinski definition) is 1. The van der Waals surface area contributed by atoms with E-state index in [9.17, 15) is 9.65 Å². The number of methoxy groups -OCH3 is 1. The molecule has 4 nitrogen and oxygen atoms in total. The van der Waals surface area contributed by atoms with Gasteiger partial charge in [-0.1, -0.05) is 18.2 Å². The van der Waals surface area contributed by atoms with Crippen LogP contribution in [0.25, 0.3) is 0 Å². The molecule has 1 aliphatic heterocycles. The molecular formula is C17H13FN2O2. The zero-order valence-electron chi connectivity index (χ0n) is 11.8. The predicted molar refractivity (Wildman–Crippen MR) is 78.7 cm³/mol. The maximum Gasteiger partial charge on any atom is 0.205 e. The molecule has 0 radical (unpaired) electrons. The second-order valence-electron chi connectivity index (χ2n) is 4.88. The van der Waals surface area contributed by atoms with Crippen LogP contribution in [0.4, 0.5) is 4.39 Å². The van der Waals surface area contributed by atoms with Gasteiger partial charge in [-0.25, -0.2) is 4.39 Å². The van der Waals surface area contributed by atoms with Gasteiger partial charge >= 0.3 is 0 Å². The van der Waals surface area contributed by atoms with Gasteiger partial charge in [0, 0.05) is 11.6 Å². The van der Waals surface area contributed by atoms with E-state index in [0.717, 1.165) is 11.1 Å². The number of allylic oxidation sites excluding steroid dienone is 1. The molecule has 0 unspecified atom stereocenters. The number of hydrogen-bond acceptors (Lipinski definition) is 4. The molecule has 1 atom stereocenters. The van der Waals surface area contributed by atoms with Crippen molar-refractivity contribution in [2.45, 2.75) is 5.92 Å².